The van der Waals surface area contributed by atoms with Crippen LogP contribution in [-0.4, -0.2) is 24.1 Å². The zero-order chi connectivity index (χ0) is 35.3. The highest BCUT2D eigenvalue weighted by atomic mass is 15.3. The smallest absolute Gasteiger partial charge is 0.240 e. The molecule has 0 amide bonds. The number of nitrogens with zero attached hydrogens (tertiary/aromatic N) is 5. The van der Waals surface area contributed by atoms with E-state index in [1.54, 1.807) is 0 Å². The summed E-state index contributed by atoms with van der Waals surface area (Å²) >= 11 is 0. The molecule has 5 nitrogen and oxygen atoms in total. The van der Waals surface area contributed by atoms with Crippen LogP contribution in [0.5, 0.6) is 0 Å². The predicted molar refractivity (Wildman–Crippen MR) is 217 cm³/mol. The van der Waals surface area contributed by atoms with Crippen LogP contribution >= 0.6 is 0 Å². The molecular weight excluding hydrogens is 647 g/mol. The Bertz CT molecular complexity index is 3040. The number of fused-ring (bicyclic) bond motifs is 9. The lowest BCUT2D eigenvalue weighted by atomic mass is 9.82. The quantitative estimate of drug-likeness (QED) is 0.186. The lowest BCUT2D eigenvalue weighted by molar-refractivity contribution is 0.660. The van der Waals surface area contributed by atoms with E-state index in [1.165, 1.54) is 22.3 Å². The van der Waals surface area contributed by atoms with Crippen molar-refractivity contribution in [2.45, 2.75) is 19.3 Å². The average Bonchev–Trinajstić information content (AvgIpc) is 3.81. The van der Waals surface area contributed by atoms with Gasteiger partial charge in [-0.25, -0.2) is 0 Å². The first-order valence-corrected chi connectivity index (χ1v) is 18.1. The molecule has 0 N–H and O–H groups in total. The van der Waals surface area contributed by atoms with E-state index in [2.05, 4.69) is 187 Å². The molecule has 0 fully saturated rings. The standard InChI is InChI=1S/C48H33N5/c1-48(2)38-22-10-6-20-36(38)44-37(21-14-23-39(44)48)45-49-46(52-40-24-11-7-17-32(40)33-18-8-12-25-41(33)52)51-47(50-45)53-42-26-13-9-19-34(42)35-28-27-31(29-43(35)53)30-15-4-3-5-16-30/h3-29H,1-2H3. The molecule has 0 saturated carbocycles. The Labute approximate surface area is 306 Å². The van der Waals surface area contributed by atoms with E-state index in [4.69, 9.17) is 15.0 Å². The highest BCUT2D eigenvalue weighted by Gasteiger charge is 2.37. The minimum atomic E-state index is -0.159. The molecule has 0 aliphatic heterocycles. The highest BCUT2D eigenvalue weighted by Crippen LogP contribution is 2.51. The molecule has 5 heteroatoms. The van der Waals surface area contributed by atoms with E-state index in [-0.39, 0.29) is 5.41 Å². The third kappa shape index (κ3) is 4.28. The molecule has 0 spiro atoms. The Morgan fingerprint density at radius 3 is 1.57 bits per heavy atom. The second kappa shape index (κ2) is 11.1. The SMILES string of the molecule is CC1(C)c2ccccc2-c2c(-c3nc(-n4c5ccccc5c5ccccc54)nc(-n4c5ccccc5c5ccc(-c6ccccc6)cc54)n3)cccc21. The number of benzene rings is 7. The van der Waals surface area contributed by atoms with Gasteiger partial charge in [0.15, 0.2) is 5.82 Å². The third-order valence-corrected chi connectivity index (χ3v) is 11.2. The number of hydrogen-bond acceptors (Lipinski definition) is 3. The number of rotatable bonds is 4. The van der Waals surface area contributed by atoms with Gasteiger partial charge in [0.1, 0.15) is 0 Å². The van der Waals surface area contributed by atoms with Crippen LogP contribution in [0.4, 0.5) is 0 Å². The minimum Gasteiger partial charge on any atom is -0.278 e. The van der Waals surface area contributed by atoms with Crippen molar-refractivity contribution in [3.63, 3.8) is 0 Å². The molecule has 0 bridgehead atoms. The summed E-state index contributed by atoms with van der Waals surface area (Å²) in [6, 6.07) is 58.2. The van der Waals surface area contributed by atoms with E-state index < -0.39 is 0 Å². The topological polar surface area (TPSA) is 48.5 Å². The van der Waals surface area contributed by atoms with Crippen LogP contribution < -0.4 is 0 Å². The van der Waals surface area contributed by atoms with Crippen molar-refractivity contribution in [2.75, 3.05) is 0 Å². The van der Waals surface area contributed by atoms with Gasteiger partial charge < -0.3 is 0 Å². The van der Waals surface area contributed by atoms with Crippen molar-refractivity contribution in [3.8, 4) is 45.5 Å². The Kier molecular flexibility index (Phi) is 6.23. The summed E-state index contributed by atoms with van der Waals surface area (Å²) in [6.07, 6.45) is 0. The summed E-state index contributed by atoms with van der Waals surface area (Å²) in [5.74, 6) is 1.79. The van der Waals surface area contributed by atoms with Gasteiger partial charge in [0.05, 0.1) is 22.1 Å². The van der Waals surface area contributed by atoms with Crippen molar-refractivity contribution in [1.82, 2.24) is 24.1 Å². The molecule has 7 aromatic carbocycles. The number of hydrogen-bond donors (Lipinski definition) is 0. The zero-order valence-corrected chi connectivity index (χ0v) is 29.3. The summed E-state index contributed by atoms with van der Waals surface area (Å²) < 4.78 is 4.42. The highest BCUT2D eigenvalue weighted by molar-refractivity contribution is 6.11. The normalized spacial score (nSPS) is 13.2. The first-order valence-electron chi connectivity index (χ1n) is 18.1. The summed E-state index contributed by atoms with van der Waals surface area (Å²) in [6.45, 7) is 4.62. The molecule has 3 aromatic heterocycles. The fraction of sp³-hybridized carbons (Fsp3) is 0.0625. The van der Waals surface area contributed by atoms with Gasteiger partial charge in [0.2, 0.25) is 11.9 Å². The predicted octanol–water partition coefficient (Wildman–Crippen LogP) is 11.7. The summed E-state index contributed by atoms with van der Waals surface area (Å²) in [5, 5.41) is 4.62. The second-order valence-electron chi connectivity index (χ2n) is 14.5. The second-order valence-corrected chi connectivity index (χ2v) is 14.5. The van der Waals surface area contributed by atoms with Gasteiger partial charge in [-0.1, -0.05) is 153 Å². The molecule has 250 valence electrons. The zero-order valence-electron chi connectivity index (χ0n) is 29.3. The Balaban J connectivity index is 1.26. The molecule has 11 rings (SSSR count). The van der Waals surface area contributed by atoms with Crippen molar-refractivity contribution in [3.05, 3.63) is 175 Å². The van der Waals surface area contributed by atoms with Crippen LogP contribution in [0.15, 0.2) is 164 Å². The molecule has 0 unspecified atom stereocenters. The van der Waals surface area contributed by atoms with Gasteiger partial charge in [0, 0.05) is 32.5 Å². The van der Waals surface area contributed by atoms with Crippen molar-refractivity contribution >= 4 is 43.6 Å². The first-order chi connectivity index (χ1) is 26.1. The Morgan fingerprint density at radius 1 is 0.396 bits per heavy atom. The van der Waals surface area contributed by atoms with E-state index >= 15 is 0 Å². The fourth-order valence-electron chi connectivity index (χ4n) is 8.75. The molecule has 53 heavy (non-hydrogen) atoms. The van der Waals surface area contributed by atoms with Crippen LogP contribution in [0.1, 0.15) is 25.0 Å². The van der Waals surface area contributed by atoms with Crippen LogP contribution in [0.3, 0.4) is 0 Å². The van der Waals surface area contributed by atoms with Crippen LogP contribution in [0.25, 0.3) is 89.2 Å². The summed E-state index contributed by atoms with van der Waals surface area (Å²) in [5.41, 5.74) is 12.3. The van der Waals surface area contributed by atoms with Crippen LogP contribution in [-0.2, 0) is 5.41 Å². The van der Waals surface area contributed by atoms with Gasteiger partial charge in [-0.05, 0) is 57.6 Å². The first kappa shape index (κ1) is 29.8. The Morgan fingerprint density at radius 2 is 0.906 bits per heavy atom. The average molecular weight is 680 g/mol. The maximum atomic E-state index is 5.44. The van der Waals surface area contributed by atoms with E-state index in [9.17, 15) is 0 Å². The van der Waals surface area contributed by atoms with Gasteiger partial charge in [-0.15, -0.1) is 0 Å². The van der Waals surface area contributed by atoms with E-state index in [0.717, 1.165) is 60.3 Å². The van der Waals surface area contributed by atoms with Crippen LogP contribution in [0.2, 0.25) is 0 Å². The molecule has 0 atom stereocenters. The lowest BCUT2D eigenvalue weighted by Crippen LogP contribution is -2.15. The molecule has 0 radical (unpaired) electrons. The summed E-state index contributed by atoms with van der Waals surface area (Å²) in [7, 11) is 0. The molecule has 0 saturated heterocycles. The summed E-state index contributed by atoms with van der Waals surface area (Å²) in [4.78, 5) is 16.3. The third-order valence-electron chi connectivity index (χ3n) is 11.2. The maximum Gasteiger partial charge on any atom is 0.240 e. The van der Waals surface area contributed by atoms with Gasteiger partial charge in [-0.3, -0.25) is 9.13 Å². The molecule has 1 aliphatic rings. The number of para-hydroxylation sites is 3. The maximum absolute atomic E-state index is 5.44. The molecule has 10 aromatic rings. The van der Waals surface area contributed by atoms with Gasteiger partial charge in [0.25, 0.3) is 0 Å². The van der Waals surface area contributed by atoms with Crippen LogP contribution in [0, 0.1) is 0 Å². The van der Waals surface area contributed by atoms with E-state index in [1.807, 2.05) is 0 Å². The van der Waals surface area contributed by atoms with E-state index in [0.29, 0.717) is 17.7 Å². The minimum absolute atomic E-state index is 0.159. The fourth-order valence-corrected chi connectivity index (χ4v) is 8.75. The lowest BCUT2D eigenvalue weighted by Gasteiger charge is -2.21. The van der Waals surface area contributed by atoms with Crippen molar-refractivity contribution in [1.29, 1.82) is 0 Å². The number of aromatic nitrogens is 5. The molecular formula is C48H33N5. The van der Waals surface area contributed by atoms with Crippen molar-refractivity contribution < 1.29 is 0 Å². The van der Waals surface area contributed by atoms with Crippen molar-refractivity contribution in [2.24, 2.45) is 0 Å². The van der Waals surface area contributed by atoms with Gasteiger partial charge >= 0.3 is 0 Å². The molecule has 1 aliphatic carbocycles. The largest absolute Gasteiger partial charge is 0.278 e. The van der Waals surface area contributed by atoms with Gasteiger partial charge in [-0.2, -0.15) is 15.0 Å². The Hall–Kier alpha value is -6.85. The monoisotopic (exact) mass is 679 g/mol. The molecule has 3 heterocycles.